The molecule has 0 spiro atoms. The Hall–Kier alpha value is -2.18. The van der Waals surface area contributed by atoms with E-state index in [1.807, 2.05) is 36.4 Å². The second kappa shape index (κ2) is 7.39. The van der Waals surface area contributed by atoms with Gasteiger partial charge in [-0.05, 0) is 6.07 Å². The number of nitrogens with zero attached hydrogens (tertiary/aromatic N) is 3. The molecule has 2 aromatic rings. The van der Waals surface area contributed by atoms with Crippen LogP contribution in [0.2, 0.25) is 0 Å². The Morgan fingerprint density at radius 1 is 1.26 bits per heavy atom. The molecule has 0 atom stereocenters. The van der Waals surface area contributed by atoms with E-state index in [4.69, 9.17) is 4.74 Å². The van der Waals surface area contributed by atoms with Crippen molar-refractivity contribution in [1.82, 2.24) is 20.0 Å². The van der Waals surface area contributed by atoms with Gasteiger partial charge in [-0.2, -0.15) is 5.10 Å². The number of hydrogen-bond acceptors (Lipinski definition) is 4. The smallest absolute Gasteiger partial charge is 0.269 e. The van der Waals surface area contributed by atoms with E-state index in [0.29, 0.717) is 12.2 Å². The van der Waals surface area contributed by atoms with Crippen molar-refractivity contribution < 1.29 is 9.53 Å². The third kappa shape index (κ3) is 3.97. The van der Waals surface area contributed by atoms with Crippen molar-refractivity contribution in [3.63, 3.8) is 0 Å². The van der Waals surface area contributed by atoms with E-state index in [2.05, 4.69) is 15.3 Å². The van der Waals surface area contributed by atoms with Crippen LogP contribution in [0.25, 0.3) is 11.3 Å². The van der Waals surface area contributed by atoms with E-state index in [1.54, 1.807) is 11.7 Å². The van der Waals surface area contributed by atoms with E-state index in [0.717, 1.165) is 44.1 Å². The van der Waals surface area contributed by atoms with Crippen LogP contribution >= 0.6 is 0 Å². The van der Waals surface area contributed by atoms with Crippen molar-refractivity contribution in [2.45, 2.75) is 0 Å². The summed E-state index contributed by atoms with van der Waals surface area (Å²) in [4.78, 5) is 14.6. The highest BCUT2D eigenvalue weighted by molar-refractivity contribution is 5.93. The maximum Gasteiger partial charge on any atom is 0.269 e. The standard InChI is InChI=1S/C17H22N4O2/c1-20-16(13-15(19-20)14-5-3-2-4-6-14)17(22)18-7-8-21-9-11-23-12-10-21/h2-6,13H,7-12H2,1H3,(H,18,22). The maximum atomic E-state index is 12.3. The molecule has 1 saturated heterocycles. The van der Waals surface area contributed by atoms with E-state index >= 15 is 0 Å². The number of hydrogen-bond donors (Lipinski definition) is 1. The Labute approximate surface area is 136 Å². The van der Waals surface area contributed by atoms with Gasteiger partial charge in [0.15, 0.2) is 0 Å². The van der Waals surface area contributed by atoms with Crippen molar-refractivity contribution >= 4 is 5.91 Å². The Morgan fingerprint density at radius 3 is 2.74 bits per heavy atom. The lowest BCUT2D eigenvalue weighted by Crippen LogP contribution is -2.41. The molecule has 0 bridgehead atoms. The van der Waals surface area contributed by atoms with Gasteiger partial charge < -0.3 is 10.1 Å². The predicted molar refractivity (Wildman–Crippen MR) is 88.2 cm³/mol. The minimum atomic E-state index is -0.0876. The molecule has 23 heavy (non-hydrogen) atoms. The zero-order valence-corrected chi connectivity index (χ0v) is 13.4. The number of carbonyl (C=O) groups is 1. The number of benzene rings is 1. The largest absolute Gasteiger partial charge is 0.379 e. The highest BCUT2D eigenvalue weighted by atomic mass is 16.5. The van der Waals surface area contributed by atoms with Gasteiger partial charge in [-0.1, -0.05) is 30.3 Å². The second-order valence-corrected chi connectivity index (χ2v) is 5.61. The zero-order chi connectivity index (χ0) is 16.1. The molecule has 6 heteroatoms. The number of carbonyl (C=O) groups excluding carboxylic acids is 1. The molecular formula is C17H22N4O2. The summed E-state index contributed by atoms with van der Waals surface area (Å²) in [6.45, 7) is 4.88. The number of amides is 1. The van der Waals surface area contributed by atoms with Crippen molar-refractivity contribution in [3.8, 4) is 11.3 Å². The molecule has 0 radical (unpaired) electrons. The summed E-state index contributed by atoms with van der Waals surface area (Å²) >= 11 is 0. The molecule has 1 amide bonds. The first kappa shape index (κ1) is 15.7. The topological polar surface area (TPSA) is 59.4 Å². The molecule has 1 N–H and O–H groups in total. The number of ether oxygens (including phenoxy) is 1. The highest BCUT2D eigenvalue weighted by Crippen LogP contribution is 2.18. The fraction of sp³-hybridized carbons (Fsp3) is 0.412. The molecule has 1 aliphatic rings. The minimum absolute atomic E-state index is 0.0876. The van der Waals surface area contributed by atoms with Crippen LogP contribution in [-0.2, 0) is 11.8 Å². The molecule has 122 valence electrons. The minimum Gasteiger partial charge on any atom is -0.379 e. The summed E-state index contributed by atoms with van der Waals surface area (Å²) in [5.41, 5.74) is 2.40. The fourth-order valence-electron chi connectivity index (χ4n) is 2.67. The quantitative estimate of drug-likeness (QED) is 0.899. The summed E-state index contributed by atoms with van der Waals surface area (Å²) in [6.07, 6.45) is 0. The Kier molecular flexibility index (Phi) is 5.05. The number of morpholine rings is 1. The van der Waals surface area contributed by atoms with Crippen LogP contribution in [0, 0.1) is 0 Å². The molecule has 3 rings (SSSR count). The molecule has 6 nitrogen and oxygen atoms in total. The Balaban J connectivity index is 1.58. The summed E-state index contributed by atoms with van der Waals surface area (Å²) < 4.78 is 6.95. The van der Waals surface area contributed by atoms with E-state index in [9.17, 15) is 4.79 Å². The van der Waals surface area contributed by atoms with Crippen LogP contribution in [0.15, 0.2) is 36.4 Å². The van der Waals surface area contributed by atoms with Gasteiger partial charge in [0, 0.05) is 38.8 Å². The number of aryl methyl sites for hydroxylation is 1. The number of nitrogens with one attached hydrogen (secondary N) is 1. The third-order valence-electron chi connectivity index (χ3n) is 4.00. The average Bonchev–Trinajstić information content (AvgIpc) is 2.98. The van der Waals surface area contributed by atoms with Gasteiger partial charge >= 0.3 is 0 Å². The van der Waals surface area contributed by atoms with Crippen LogP contribution in [-0.4, -0.2) is 60.0 Å². The van der Waals surface area contributed by atoms with Crippen molar-refractivity contribution in [3.05, 3.63) is 42.1 Å². The lowest BCUT2D eigenvalue weighted by molar-refractivity contribution is 0.0383. The first-order chi connectivity index (χ1) is 11.2. The van der Waals surface area contributed by atoms with E-state index in [-0.39, 0.29) is 5.91 Å². The van der Waals surface area contributed by atoms with Gasteiger partial charge in [0.1, 0.15) is 5.69 Å². The molecule has 1 aromatic heterocycles. The molecule has 0 aliphatic carbocycles. The Morgan fingerprint density at radius 2 is 2.00 bits per heavy atom. The van der Waals surface area contributed by atoms with Crippen LogP contribution in [0.1, 0.15) is 10.5 Å². The summed E-state index contributed by atoms with van der Waals surface area (Å²) in [7, 11) is 1.79. The molecule has 1 fully saturated rings. The van der Waals surface area contributed by atoms with Gasteiger partial charge in [-0.15, -0.1) is 0 Å². The first-order valence-electron chi connectivity index (χ1n) is 7.92. The van der Waals surface area contributed by atoms with Crippen LogP contribution in [0.5, 0.6) is 0 Å². The van der Waals surface area contributed by atoms with Crippen LogP contribution in [0.3, 0.4) is 0 Å². The predicted octanol–water partition coefficient (Wildman–Crippen LogP) is 1.15. The van der Waals surface area contributed by atoms with Gasteiger partial charge in [-0.3, -0.25) is 14.4 Å². The summed E-state index contributed by atoms with van der Waals surface area (Å²) in [5, 5.41) is 7.40. The molecule has 2 heterocycles. The lowest BCUT2D eigenvalue weighted by atomic mass is 10.1. The van der Waals surface area contributed by atoms with E-state index < -0.39 is 0 Å². The third-order valence-corrected chi connectivity index (χ3v) is 4.00. The van der Waals surface area contributed by atoms with Crippen molar-refractivity contribution in [2.24, 2.45) is 7.05 Å². The molecule has 0 unspecified atom stereocenters. The Bertz CT molecular complexity index is 648. The monoisotopic (exact) mass is 314 g/mol. The van der Waals surface area contributed by atoms with Crippen molar-refractivity contribution in [2.75, 3.05) is 39.4 Å². The SMILES string of the molecule is Cn1nc(-c2ccccc2)cc1C(=O)NCCN1CCOCC1. The average molecular weight is 314 g/mol. The van der Waals surface area contributed by atoms with Gasteiger partial charge in [0.05, 0.1) is 18.9 Å². The van der Waals surface area contributed by atoms with Gasteiger partial charge in [0.25, 0.3) is 5.91 Å². The molecule has 0 saturated carbocycles. The summed E-state index contributed by atoms with van der Waals surface area (Å²) in [6, 6.07) is 11.7. The first-order valence-corrected chi connectivity index (χ1v) is 7.92. The van der Waals surface area contributed by atoms with Gasteiger partial charge in [0.2, 0.25) is 0 Å². The van der Waals surface area contributed by atoms with E-state index in [1.165, 1.54) is 0 Å². The maximum absolute atomic E-state index is 12.3. The normalized spacial score (nSPS) is 15.5. The lowest BCUT2D eigenvalue weighted by Gasteiger charge is -2.26. The highest BCUT2D eigenvalue weighted by Gasteiger charge is 2.15. The fourth-order valence-corrected chi connectivity index (χ4v) is 2.67. The molecule has 1 aliphatic heterocycles. The summed E-state index contributed by atoms with van der Waals surface area (Å²) in [5.74, 6) is -0.0876. The zero-order valence-electron chi connectivity index (χ0n) is 13.4. The second-order valence-electron chi connectivity index (χ2n) is 5.61. The van der Waals surface area contributed by atoms with Crippen LogP contribution < -0.4 is 5.32 Å². The number of rotatable bonds is 5. The molecular weight excluding hydrogens is 292 g/mol. The number of aromatic nitrogens is 2. The van der Waals surface area contributed by atoms with Gasteiger partial charge in [-0.25, -0.2) is 0 Å². The van der Waals surface area contributed by atoms with Crippen molar-refractivity contribution in [1.29, 1.82) is 0 Å². The molecule has 1 aromatic carbocycles. The van der Waals surface area contributed by atoms with Crippen LogP contribution in [0.4, 0.5) is 0 Å².